The molecule has 1 aromatic rings. The van der Waals surface area contributed by atoms with E-state index in [0.29, 0.717) is 0 Å². The zero-order valence-corrected chi connectivity index (χ0v) is 13.5. The number of hydrogen-bond donors (Lipinski definition) is 1. The Labute approximate surface area is 124 Å². The van der Waals surface area contributed by atoms with Crippen LogP contribution in [0.3, 0.4) is 0 Å². The molecule has 0 bridgehead atoms. The minimum absolute atomic E-state index is 0.278. The summed E-state index contributed by atoms with van der Waals surface area (Å²) in [5.41, 5.74) is 1.13. The number of morpholine rings is 1. The molecule has 0 amide bonds. The lowest BCUT2D eigenvalue weighted by molar-refractivity contribution is -0.0117. The SMILES string of the molecule is CN1CCOC(CNc2ccc(I)cc2Br)C1. The van der Waals surface area contributed by atoms with E-state index < -0.39 is 0 Å². The molecule has 0 spiro atoms. The van der Waals surface area contributed by atoms with Crippen molar-refractivity contribution in [3.05, 3.63) is 26.2 Å². The maximum atomic E-state index is 5.71. The van der Waals surface area contributed by atoms with Gasteiger partial charge in [-0.1, -0.05) is 0 Å². The maximum absolute atomic E-state index is 5.71. The Morgan fingerprint density at radius 2 is 2.41 bits per heavy atom. The van der Waals surface area contributed by atoms with Crippen LogP contribution in [-0.2, 0) is 4.74 Å². The summed E-state index contributed by atoms with van der Waals surface area (Å²) in [6, 6.07) is 6.30. The molecule has 1 N–H and O–H groups in total. The van der Waals surface area contributed by atoms with Crippen molar-refractivity contribution in [2.24, 2.45) is 0 Å². The van der Waals surface area contributed by atoms with Crippen LogP contribution in [0.1, 0.15) is 0 Å². The van der Waals surface area contributed by atoms with E-state index in [2.05, 4.69) is 74.0 Å². The largest absolute Gasteiger partial charge is 0.381 e. The number of rotatable bonds is 3. The topological polar surface area (TPSA) is 24.5 Å². The van der Waals surface area contributed by atoms with Crippen LogP contribution in [0.5, 0.6) is 0 Å². The van der Waals surface area contributed by atoms with Crippen molar-refractivity contribution in [3.8, 4) is 0 Å². The third-order valence-corrected chi connectivity index (χ3v) is 4.12. The molecule has 1 aliphatic rings. The van der Waals surface area contributed by atoms with E-state index in [9.17, 15) is 0 Å². The standard InChI is InChI=1S/C12H16BrIN2O/c1-16-4-5-17-10(8-16)7-15-12-3-2-9(14)6-11(12)13/h2-3,6,10,15H,4-5,7-8H2,1H3. The smallest absolute Gasteiger partial charge is 0.0874 e. The van der Waals surface area contributed by atoms with E-state index in [1.165, 1.54) is 3.57 Å². The van der Waals surface area contributed by atoms with Crippen molar-refractivity contribution in [3.63, 3.8) is 0 Å². The van der Waals surface area contributed by atoms with Gasteiger partial charge in [0.2, 0.25) is 0 Å². The maximum Gasteiger partial charge on any atom is 0.0874 e. The molecule has 3 nitrogen and oxygen atoms in total. The van der Waals surface area contributed by atoms with Gasteiger partial charge in [0.1, 0.15) is 0 Å². The average Bonchev–Trinajstić information content (AvgIpc) is 2.28. The monoisotopic (exact) mass is 410 g/mol. The molecule has 1 saturated heterocycles. The van der Waals surface area contributed by atoms with Crippen LogP contribution < -0.4 is 5.32 Å². The van der Waals surface area contributed by atoms with Gasteiger partial charge in [0.05, 0.1) is 12.7 Å². The summed E-state index contributed by atoms with van der Waals surface area (Å²) in [6.07, 6.45) is 0.278. The number of benzene rings is 1. The summed E-state index contributed by atoms with van der Waals surface area (Å²) in [4.78, 5) is 2.30. The highest BCUT2D eigenvalue weighted by Crippen LogP contribution is 2.24. The number of nitrogens with one attached hydrogen (secondary N) is 1. The van der Waals surface area contributed by atoms with Crippen LogP contribution in [0.15, 0.2) is 22.7 Å². The van der Waals surface area contributed by atoms with Crippen molar-refractivity contribution in [2.45, 2.75) is 6.10 Å². The normalized spacial score (nSPS) is 21.5. The Morgan fingerprint density at radius 3 is 3.12 bits per heavy atom. The van der Waals surface area contributed by atoms with Gasteiger partial charge in [-0.15, -0.1) is 0 Å². The van der Waals surface area contributed by atoms with E-state index in [-0.39, 0.29) is 6.10 Å². The lowest BCUT2D eigenvalue weighted by Gasteiger charge is -2.30. The van der Waals surface area contributed by atoms with Crippen molar-refractivity contribution >= 4 is 44.2 Å². The predicted octanol–water partition coefficient (Wildman–Crippen LogP) is 2.80. The first kappa shape index (κ1) is 13.6. The molecule has 0 saturated carbocycles. The van der Waals surface area contributed by atoms with Crippen molar-refractivity contribution in [2.75, 3.05) is 38.6 Å². The van der Waals surface area contributed by atoms with E-state index in [1.54, 1.807) is 0 Å². The lowest BCUT2D eigenvalue weighted by atomic mass is 10.2. The molecule has 1 aromatic carbocycles. The van der Waals surface area contributed by atoms with Gasteiger partial charge in [0, 0.05) is 33.4 Å². The highest BCUT2D eigenvalue weighted by Gasteiger charge is 2.17. The van der Waals surface area contributed by atoms with Gasteiger partial charge in [-0.05, 0) is 63.8 Å². The van der Waals surface area contributed by atoms with E-state index in [0.717, 1.165) is 36.4 Å². The summed E-state index contributed by atoms with van der Waals surface area (Å²) in [6.45, 7) is 3.71. The molecular formula is C12H16BrIN2O. The quantitative estimate of drug-likeness (QED) is 0.775. The second-order valence-electron chi connectivity index (χ2n) is 4.26. The molecule has 5 heteroatoms. The highest BCUT2D eigenvalue weighted by molar-refractivity contribution is 14.1. The average molecular weight is 411 g/mol. The molecule has 1 fully saturated rings. The van der Waals surface area contributed by atoms with Gasteiger partial charge in [-0.3, -0.25) is 0 Å². The van der Waals surface area contributed by atoms with Gasteiger partial charge in [0.25, 0.3) is 0 Å². The first-order valence-corrected chi connectivity index (χ1v) is 7.51. The van der Waals surface area contributed by atoms with Crippen LogP contribution in [0.25, 0.3) is 0 Å². The third-order valence-electron chi connectivity index (χ3n) is 2.79. The molecule has 1 aliphatic heterocycles. The first-order valence-electron chi connectivity index (χ1n) is 5.64. The Bertz CT molecular complexity index is 389. The first-order chi connectivity index (χ1) is 8.15. The van der Waals surface area contributed by atoms with Crippen molar-refractivity contribution in [1.82, 2.24) is 4.90 Å². The van der Waals surface area contributed by atoms with Gasteiger partial charge in [-0.25, -0.2) is 0 Å². The summed E-state index contributed by atoms with van der Waals surface area (Å²) in [5, 5.41) is 3.43. The third kappa shape index (κ3) is 4.08. The molecule has 1 unspecified atom stereocenters. The number of halogens is 2. The van der Waals surface area contributed by atoms with Crippen LogP contribution in [0.4, 0.5) is 5.69 Å². The van der Waals surface area contributed by atoms with Gasteiger partial charge in [-0.2, -0.15) is 0 Å². The molecule has 17 heavy (non-hydrogen) atoms. The number of likely N-dealkylation sites (N-methyl/N-ethyl adjacent to an activating group) is 1. The molecule has 1 atom stereocenters. The van der Waals surface area contributed by atoms with Crippen LogP contribution in [0, 0.1) is 3.57 Å². The molecule has 1 heterocycles. The van der Waals surface area contributed by atoms with E-state index in [4.69, 9.17) is 4.74 Å². The number of anilines is 1. The van der Waals surface area contributed by atoms with Crippen molar-refractivity contribution in [1.29, 1.82) is 0 Å². The minimum atomic E-state index is 0.278. The molecule has 0 radical (unpaired) electrons. The molecule has 0 aromatic heterocycles. The lowest BCUT2D eigenvalue weighted by Crippen LogP contribution is -2.43. The summed E-state index contributed by atoms with van der Waals surface area (Å²) >= 11 is 5.87. The molecular weight excluding hydrogens is 395 g/mol. The van der Waals surface area contributed by atoms with Gasteiger partial charge >= 0.3 is 0 Å². The Hall–Kier alpha value is 0.150. The summed E-state index contributed by atoms with van der Waals surface area (Å²) in [7, 11) is 2.14. The molecule has 0 aliphatic carbocycles. The Kier molecular flexibility index (Phi) is 5.08. The zero-order chi connectivity index (χ0) is 12.3. The fourth-order valence-corrected chi connectivity index (χ4v) is 3.29. The highest BCUT2D eigenvalue weighted by atomic mass is 127. The Balaban J connectivity index is 1.88. The summed E-state index contributed by atoms with van der Waals surface area (Å²) < 4.78 is 8.05. The minimum Gasteiger partial charge on any atom is -0.381 e. The second kappa shape index (κ2) is 6.36. The zero-order valence-electron chi connectivity index (χ0n) is 9.75. The molecule has 94 valence electrons. The van der Waals surface area contributed by atoms with Crippen molar-refractivity contribution < 1.29 is 4.74 Å². The number of nitrogens with zero attached hydrogens (tertiary/aromatic N) is 1. The van der Waals surface area contributed by atoms with Gasteiger partial charge < -0.3 is 15.0 Å². The summed E-state index contributed by atoms with van der Waals surface area (Å²) in [5.74, 6) is 0. The number of ether oxygens (including phenoxy) is 1. The number of hydrogen-bond acceptors (Lipinski definition) is 3. The van der Waals surface area contributed by atoms with Crippen LogP contribution >= 0.6 is 38.5 Å². The van der Waals surface area contributed by atoms with Crippen LogP contribution in [-0.4, -0.2) is 44.3 Å². The predicted molar refractivity (Wildman–Crippen MR) is 82.6 cm³/mol. The fraction of sp³-hybridized carbons (Fsp3) is 0.500. The van der Waals surface area contributed by atoms with E-state index in [1.807, 2.05) is 0 Å². The fourth-order valence-electron chi connectivity index (χ4n) is 1.85. The Morgan fingerprint density at radius 1 is 1.59 bits per heavy atom. The van der Waals surface area contributed by atoms with Gasteiger partial charge in [0.15, 0.2) is 0 Å². The second-order valence-corrected chi connectivity index (χ2v) is 6.36. The molecule has 2 rings (SSSR count). The van der Waals surface area contributed by atoms with Crippen LogP contribution in [0.2, 0.25) is 0 Å². The van der Waals surface area contributed by atoms with E-state index >= 15 is 0 Å².